The summed E-state index contributed by atoms with van der Waals surface area (Å²) in [4.78, 5) is 8.28. The molecule has 0 radical (unpaired) electrons. The summed E-state index contributed by atoms with van der Waals surface area (Å²) in [6.07, 6.45) is 0. The third kappa shape index (κ3) is 3.26. The van der Waals surface area contributed by atoms with Gasteiger partial charge in [-0.25, -0.2) is 10.8 Å². The molecule has 0 aliphatic carbocycles. The Hall–Kier alpha value is -1.56. The summed E-state index contributed by atoms with van der Waals surface area (Å²) in [6.45, 7) is 3.74. The molecule has 5 nitrogen and oxygen atoms in total. The summed E-state index contributed by atoms with van der Waals surface area (Å²) >= 11 is 12.2. The Kier molecular flexibility index (Phi) is 4.09. The van der Waals surface area contributed by atoms with E-state index >= 15 is 0 Å². The SMILES string of the molecule is Cc1cc(Nc2cc(Cl)c(C)cc2Cl)nc(NN)n1. The molecule has 19 heavy (non-hydrogen) atoms. The number of nitrogens with two attached hydrogens (primary N) is 1. The van der Waals surface area contributed by atoms with Gasteiger partial charge in [-0.15, -0.1) is 0 Å². The minimum Gasteiger partial charge on any atom is -0.339 e. The van der Waals surface area contributed by atoms with Crippen molar-refractivity contribution in [1.29, 1.82) is 0 Å². The summed E-state index contributed by atoms with van der Waals surface area (Å²) in [5, 5.41) is 4.30. The van der Waals surface area contributed by atoms with Gasteiger partial charge in [-0.2, -0.15) is 4.98 Å². The molecule has 4 N–H and O–H groups in total. The first kappa shape index (κ1) is 13.9. The molecule has 1 aromatic heterocycles. The van der Waals surface area contributed by atoms with Crippen LogP contribution in [0.4, 0.5) is 17.5 Å². The first-order chi connectivity index (χ1) is 8.99. The molecular formula is C12H13Cl2N5. The molecule has 1 aromatic carbocycles. The fourth-order valence-electron chi connectivity index (χ4n) is 1.58. The van der Waals surface area contributed by atoms with E-state index in [4.69, 9.17) is 29.0 Å². The molecule has 0 amide bonds. The highest BCUT2D eigenvalue weighted by atomic mass is 35.5. The fraction of sp³-hybridized carbons (Fsp3) is 0.167. The Morgan fingerprint density at radius 3 is 2.47 bits per heavy atom. The van der Waals surface area contributed by atoms with E-state index in [1.165, 1.54) is 0 Å². The first-order valence-corrected chi connectivity index (χ1v) is 6.30. The van der Waals surface area contributed by atoms with Crippen molar-refractivity contribution in [2.24, 2.45) is 5.84 Å². The molecule has 100 valence electrons. The molecule has 0 spiro atoms. The molecular weight excluding hydrogens is 285 g/mol. The van der Waals surface area contributed by atoms with Crippen LogP contribution in [0.15, 0.2) is 18.2 Å². The average molecular weight is 298 g/mol. The van der Waals surface area contributed by atoms with Crippen molar-refractivity contribution in [3.63, 3.8) is 0 Å². The quantitative estimate of drug-likeness (QED) is 0.598. The number of nitrogen functional groups attached to an aromatic ring is 1. The molecule has 0 fully saturated rings. The molecule has 7 heteroatoms. The fourth-order valence-corrected chi connectivity index (χ4v) is 2.01. The van der Waals surface area contributed by atoms with Gasteiger partial charge in [-0.1, -0.05) is 23.2 Å². The number of hydrogen-bond acceptors (Lipinski definition) is 5. The van der Waals surface area contributed by atoms with Gasteiger partial charge in [0.2, 0.25) is 5.95 Å². The molecule has 0 aliphatic rings. The second kappa shape index (κ2) is 5.61. The molecule has 0 saturated carbocycles. The standard InChI is InChI=1S/C12H13Cl2N5/c1-6-3-9(14)10(5-8(6)13)17-11-4-7(2)16-12(18-11)19-15/h3-5H,15H2,1-2H3,(H2,16,17,18,19). The van der Waals surface area contributed by atoms with Gasteiger partial charge >= 0.3 is 0 Å². The zero-order valence-electron chi connectivity index (χ0n) is 10.5. The number of hydrazine groups is 1. The first-order valence-electron chi connectivity index (χ1n) is 5.54. The summed E-state index contributed by atoms with van der Waals surface area (Å²) in [6, 6.07) is 5.33. The van der Waals surface area contributed by atoms with Crippen LogP contribution in [0.25, 0.3) is 0 Å². The number of rotatable bonds is 3. The number of nitrogens with one attached hydrogen (secondary N) is 2. The molecule has 2 aromatic rings. The second-order valence-electron chi connectivity index (χ2n) is 4.07. The average Bonchev–Trinajstić information content (AvgIpc) is 2.35. The maximum atomic E-state index is 6.16. The summed E-state index contributed by atoms with van der Waals surface area (Å²) in [7, 11) is 0. The maximum Gasteiger partial charge on any atom is 0.239 e. The number of benzene rings is 1. The van der Waals surface area contributed by atoms with Crippen LogP contribution < -0.4 is 16.6 Å². The van der Waals surface area contributed by atoms with Gasteiger partial charge in [0.05, 0.1) is 10.7 Å². The van der Waals surface area contributed by atoms with Crippen LogP contribution in [0.3, 0.4) is 0 Å². The lowest BCUT2D eigenvalue weighted by molar-refractivity contribution is 1.07. The smallest absolute Gasteiger partial charge is 0.239 e. The molecule has 2 rings (SSSR count). The highest BCUT2D eigenvalue weighted by Gasteiger charge is 2.07. The van der Waals surface area contributed by atoms with Gasteiger partial charge in [-0.05, 0) is 31.5 Å². The van der Waals surface area contributed by atoms with E-state index in [-0.39, 0.29) is 0 Å². The molecule has 1 heterocycles. The Labute approximate surface area is 121 Å². The van der Waals surface area contributed by atoms with Crippen LogP contribution >= 0.6 is 23.2 Å². The monoisotopic (exact) mass is 297 g/mol. The topological polar surface area (TPSA) is 75.9 Å². The van der Waals surface area contributed by atoms with E-state index < -0.39 is 0 Å². The predicted molar refractivity (Wildman–Crippen MR) is 79.1 cm³/mol. The van der Waals surface area contributed by atoms with Crippen LogP contribution in [0, 0.1) is 13.8 Å². The van der Waals surface area contributed by atoms with Gasteiger partial charge in [0.15, 0.2) is 0 Å². The maximum absolute atomic E-state index is 6.16. The van der Waals surface area contributed by atoms with Crippen molar-refractivity contribution in [3.8, 4) is 0 Å². The van der Waals surface area contributed by atoms with E-state index in [1.54, 1.807) is 18.2 Å². The predicted octanol–water partition coefficient (Wildman–Crippen LogP) is 3.43. The van der Waals surface area contributed by atoms with Gasteiger partial charge < -0.3 is 5.32 Å². The van der Waals surface area contributed by atoms with Gasteiger partial charge in [0.25, 0.3) is 0 Å². The third-order valence-corrected chi connectivity index (χ3v) is 3.21. The minimum atomic E-state index is 0.330. The Bertz CT molecular complexity index is 615. The summed E-state index contributed by atoms with van der Waals surface area (Å²) in [5.41, 5.74) is 4.78. The lowest BCUT2D eigenvalue weighted by Gasteiger charge is -2.11. The summed E-state index contributed by atoms with van der Waals surface area (Å²) in [5.74, 6) is 6.22. The van der Waals surface area contributed by atoms with Crippen molar-refractivity contribution < 1.29 is 0 Å². The number of anilines is 3. The zero-order chi connectivity index (χ0) is 14.0. The second-order valence-corrected chi connectivity index (χ2v) is 4.88. The highest BCUT2D eigenvalue weighted by molar-refractivity contribution is 6.35. The van der Waals surface area contributed by atoms with Gasteiger partial charge in [0, 0.05) is 16.8 Å². The van der Waals surface area contributed by atoms with Gasteiger partial charge in [-0.3, -0.25) is 5.43 Å². The molecule has 0 atom stereocenters. The van der Waals surface area contributed by atoms with Crippen molar-refractivity contribution in [2.45, 2.75) is 13.8 Å². The summed E-state index contributed by atoms with van der Waals surface area (Å²) < 4.78 is 0. The lowest BCUT2D eigenvalue weighted by Crippen LogP contribution is -2.12. The molecule has 0 unspecified atom stereocenters. The zero-order valence-corrected chi connectivity index (χ0v) is 12.0. The Morgan fingerprint density at radius 1 is 1.05 bits per heavy atom. The number of halogens is 2. The molecule has 0 aliphatic heterocycles. The number of aryl methyl sites for hydroxylation is 2. The van der Waals surface area contributed by atoms with Crippen LogP contribution in [-0.4, -0.2) is 9.97 Å². The minimum absolute atomic E-state index is 0.330. The number of aromatic nitrogens is 2. The van der Waals surface area contributed by atoms with Crippen LogP contribution in [-0.2, 0) is 0 Å². The number of nitrogens with zero attached hydrogens (tertiary/aromatic N) is 2. The normalized spacial score (nSPS) is 10.4. The van der Waals surface area contributed by atoms with E-state index in [9.17, 15) is 0 Å². The van der Waals surface area contributed by atoms with Crippen molar-refractivity contribution in [2.75, 3.05) is 10.7 Å². The molecule has 0 saturated heterocycles. The van der Waals surface area contributed by atoms with E-state index in [0.29, 0.717) is 27.5 Å². The Balaban J connectivity index is 2.36. The molecule has 0 bridgehead atoms. The van der Waals surface area contributed by atoms with E-state index in [0.717, 1.165) is 11.3 Å². The third-order valence-electron chi connectivity index (χ3n) is 2.49. The van der Waals surface area contributed by atoms with E-state index in [1.807, 2.05) is 13.8 Å². The van der Waals surface area contributed by atoms with Crippen molar-refractivity contribution in [1.82, 2.24) is 9.97 Å². The van der Waals surface area contributed by atoms with Crippen molar-refractivity contribution in [3.05, 3.63) is 39.5 Å². The van der Waals surface area contributed by atoms with Gasteiger partial charge in [0.1, 0.15) is 5.82 Å². The van der Waals surface area contributed by atoms with E-state index in [2.05, 4.69) is 20.7 Å². The van der Waals surface area contributed by atoms with Crippen LogP contribution in [0.2, 0.25) is 10.0 Å². The van der Waals surface area contributed by atoms with Crippen molar-refractivity contribution >= 4 is 40.7 Å². The highest BCUT2D eigenvalue weighted by Crippen LogP contribution is 2.30. The largest absolute Gasteiger partial charge is 0.339 e. The Morgan fingerprint density at radius 2 is 1.79 bits per heavy atom. The number of hydrogen-bond donors (Lipinski definition) is 3. The van der Waals surface area contributed by atoms with Crippen LogP contribution in [0.5, 0.6) is 0 Å². The lowest BCUT2D eigenvalue weighted by atomic mass is 10.2. The van der Waals surface area contributed by atoms with Crippen LogP contribution in [0.1, 0.15) is 11.3 Å².